The summed E-state index contributed by atoms with van der Waals surface area (Å²) in [6.07, 6.45) is 9.98. The molecule has 0 aromatic carbocycles. The maximum absolute atomic E-state index is 14.2. The Morgan fingerprint density at radius 2 is 1.97 bits per heavy atom. The predicted octanol–water partition coefficient (Wildman–Crippen LogP) is 3.81. The molecule has 0 aromatic heterocycles. The molecule has 3 aliphatic heterocycles. The number of carbonyl (C=O) groups is 3. The van der Waals surface area contributed by atoms with Crippen LogP contribution in [0, 0.1) is 17.8 Å². The maximum Gasteiger partial charge on any atom is 0.310 e. The van der Waals surface area contributed by atoms with E-state index in [1.54, 1.807) is 28.8 Å². The molecule has 0 saturated carbocycles. The zero-order valence-corrected chi connectivity index (χ0v) is 22.8. The third-order valence-corrected chi connectivity index (χ3v) is 10.1. The van der Waals surface area contributed by atoms with Crippen molar-refractivity contribution in [2.24, 2.45) is 17.8 Å². The number of esters is 1. The topological polar surface area (TPSA) is 87.1 Å². The number of aliphatic hydroxyl groups is 1. The first kappa shape index (κ1) is 28.8. The zero-order chi connectivity index (χ0) is 26.3. The largest absolute Gasteiger partial charge is 0.465 e. The summed E-state index contributed by atoms with van der Waals surface area (Å²) in [6.45, 7) is 13.8. The van der Waals surface area contributed by atoms with E-state index in [0.29, 0.717) is 26.1 Å². The second-order valence-electron chi connectivity index (χ2n) is 10.4. The third kappa shape index (κ3) is 5.40. The average Bonchev–Trinajstić information content (AvgIpc) is 3.45. The Kier molecular flexibility index (Phi) is 10.5. The average molecular weight is 521 g/mol. The Bertz CT molecular complexity index is 820. The van der Waals surface area contributed by atoms with Crippen LogP contribution in [0.15, 0.2) is 25.3 Å². The van der Waals surface area contributed by atoms with E-state index in [4.69, 9.17) is 9.84 Å². The molecule has 202 valence electrons. The van der Waals surface area contributed by atoms with Crippen LogP contribution in [0.25, 0.3) is 0 Å². The molecule has 3 aliphatic rings. The van der Waals surface area contributed by atoms with E-state index in [9.17, 15) is 14.4 Å². The van der Waals surface area contributed by atoms with E-state index in [1.807, 2.05) is 4.90 Å². The van der Waals surface area contributed by atoms with Gasteiger partial charge < -0.3 is 19.6 Å². The van der Waals surface area contributed by atoms with Crippen molar-refractivity contribution in [2.45, 2.75) is 81.3 Å². The Morgan fingerprint density at radius 3 is 2.64 bits per heavy atom. The van der Waals surface area contributed by atoms with Crippen molar-refractivity contribution in [3.05, 3.63) is 25.3 Å². The molecule has 1 spiro atoms. The fourth-order valence-electron chi connectivity index (χ4n) is 6.36. The predicted molar refractivity (Wildman–Crippen MR) is 143 cm³/mol. The maximum atomic E-state index is 14.2. The van der Waals surface area contributed by atoms with Gasteiger partial charge in [-0.25, -0.2) is 0 Å². The molecule has 1 N–H and O–H groups in total. The van der Waals surface area contributed by atoms with Gasteiger partial charge in [0.2, 0.25) is 11.8 Å². The molecule has 6 atom stereocenters. The number of hydrogen-bond donors (Lipinski definition) is 1. The Morgan fingerprint density at radius 1 is 1.22 bits per heavy atom. The summed E-state index contributed by atoms with van der Waals surface area (Å²) < 4.78 is 4.96. The molecular formula is C28H44N2O5S. The molecule has 3 unspecified atom stereocenters. The van der Waals surface area contributed by atoms with E-state index < -0.39 is 22.6 Å². The number of ether oxygens (including phenoxy) is 1. The summed E-state index contributed by atoms with van der Waals surface area (Å²) in [5.74, 6) is -1.31. The van der Waals surface area contributed by atoms with Crippen molar-refractivity contribution in [3.63, 3.8) is 0 Å². The van der Waals surface area contributed by atoms with Crippen molar-refractivity contribution in [1.82, 2.24) is 9.80 Å². The number of thioether (sulfide) groups is 1. The van der Waals surface area contributed by atoms with Crippen molar-refractivity contribution in [1.29, 1.82) is 0 Å². The Hall–Kier alpha value is -1.80. The minimum Gasteiger partial charge on any atom is -0.465 e. The zero-order valence-electron chi connectivity index (χ0n) is 22.0. The number of hydrogen-bond acceptors (Lipinski definition) is 6. The molecule has 7 nitrogen and oxygen atoms in total. The second-order valence-corrected chi connectivity index (χ2v) is 11.9. The van der Waals surface area contributed by atoms with Crippen LogP contribution in [0.3, 0.4) is 0 Å². The van der Waals surface area contributed by atoms with Gasteiger partial charge >= 0.3 is 5.97 Å². The molecule has 3 heterocycles. The van der Waals surface area contributed by atoms with Gasteiger partial charge in [0, 0.05) is 31.5 Å². The number of likely N-dealkylation sites (tertiary alicyclic amines) is 1. The molecule has 0 aliphatic carbocycles. The number of nitrogens with zero attached hydrogens (tertiary/aromatic N) is 2. The minimum atomic E-state index is -0.613. The molecule has 2 amide bonds. The number of rotatable bonds is 16. The molecule has 0 aromatic rings. The lowest BCUT2D eigenvalue weighted by atomic mass is 9.66. The highest BCUT2D eigenvalue weighted by atomic mass is 32.2. The summed E-state index contributed by atoms with van der Waals surface area (Å²) in [5, 5.41) is 9.10. The van der Waals surface area contributed by atoms with Gasteiger partial charge in [-0.1, -0.05) is 45.3 Å². The molecule has 36 heavy (non-hydrogen) atoms. The van der Waals surface area contributed by atoms with E-state index in [2.05, 4.69) is 27.0 Å². The first-order valence-electron chi connectivity index (χ1n) is 13.6. The monoisotopic (exact) mass is 520 g/mol. The van der Waals surface area contributed by atoms with Gasteiger partial charge in [0.25, 0.3) is 0 Å². The van der Waals surface area contributed by atoms with E-state index in [1.165, 1.54) is 0 Å². The van der Waals surface area contributed by atoms with Crippen LogP contribution in [0.2, 0.25) is 0 Å². The molecule has 3 fully saturated rings. The van der Waals surface area contributed by atoms with E-state index in [-0.39, 0.29) is 42.2 Å². The SMILES string of the molecule is C=CCCOC(=O)[C@@H]1[C@H]2C(=O)N(CCCCCCO)C(C(=O)N(CC=C)CCCC)C23S[C@@H]1CC3C. The summed E-state index contributed by atoms with van der Waals surface area (Å²) in [4.78, 5) is 45.1. The quantitative estimate of drug-likeness (QED) is 0.189. The smallest absolute Gasteiger partial charge is 0.310 e. The van der Waals surface area contributed by atoms with Crippen LogP contribution in [-0.2, 0) is 19.1 Å². The summed E-state index contributed by atoms with van der Waals surface area (Å²) in [5.41, 5.74) is 0. The number of amides is 2. The van der Waals surface area contributed by atoms with Crippen LogP contribution in [0.5, 0.6) is 0 Å². The van der Waals surface area contributed by atoms with Gasteiger partial charge in [0.1, 0.15) is 6.04 Å². The Labute approximate surface area is 220 Å². The van der Waals surface area contributed by atoms with Crippen LogP contribution in [-0.4, -0.2) is 81.6 Å². The number of aliphatic hydroxyl groups excluding tert-OH is 1. The first-order chi connectivity index (χ1) is 17.4. The highest BCUT2D eigenvalue weighted by molar-refractivity contribution is 8.02. The van der Waals surface area contributed by atoms with Gasteiger partial charge in [-0.15, -0.1) is 24.9 Å². The summed E-state index contributed by atoms with van der Waals surface area (Å²) >= 11 is 1.69. The third-order valence-electron chi connectivity index (χ3n) is 8.07. The lowest BCUT2D eigenvalue weighted by Crippen LogP contribution is -2.57. The van der Waals surface area contributed by atoms with Crippen LogP contribution >= 0.6 is 11.8 Å². The lowest BCUT2D eigenvalue weighted by molar-refractivity contribution is -0.154. The normalized spacial score (nSPS) is 30.4. The fraction of sp³-hybridized carbons (Fsp3) is 0.750. The Balaban J connectivity index is 1.94. The molecule has 3 saturated heterocycles. The van der Waals surface area contributed by atoms with Crippen LogP contribution in [0.1, 0.15) is 65.2 Å². The van der Waals surface area contributed by atoms with Gasteiger partial charge in [0.15, 0.2) is 0 Å². The van der Waals surface area contributed by atoms with Crippen molar-refractivity contribution >= 4 is 29.5 Å². The van der Waals surface area contributed by atoms with Gasteiger partial charge in [-0.3, -0.25) is 14.4 Å². The number of carbonyl (C=O) groups excluding carboxylic acids is 3. The number of fused-ring (bicyclic) bond motifs is 1. The van der Waals surface area contributed by atoms with Gasteiger partial charge in [0.05, 0.1) is 23.2 Å². The summed E-state index contributed by atoms with van der Waals surface area (Å²) in [6, 6.07) is -0.583. The second kappa shape index (κ2) is 13.1. The van der Waals surface area contributed by atoms with Gasteiger partial charge in [-0.2, -0.15) is 0 Å². The highest BCUT2D eigenvalue weighted by Crippen LogP contribution is 2.68. The fourth-order valence-corrected chi connectivity index (χ4v) is 8.77. The van der Waals surface area contributed by atoms with Crippen LogP contribution in [0.4, 0.5) is 0 Å². The van der Waals surface area contributed by atoms with Gasteiger partial charge in [-0.05, 0) is 38.0 Å². The first-order valence-corrected chi connectivity index (χ1v) is 14.5. The highest BCUT2D eigenvalue weighted by Gasteiger charge is 2.76. The molecular weight excluding hydrogens is 476 g/mol. The van der Waals surface area contributed by atoms with Crippen molar-refractivity contribution < 1.29 is 24.2 Å². The minimum absolute atomic E-state index is 0.00400. The standard InChI is InChI=1S/C28H44N2O5S/c1-5-8-15-29(14-7-3)26(33)24-28-20(4)19-21(36-28)22(27(34)35-18-9-6-2)23(28)25(32)30(24)16-12-10-11-13-17-31/h6-7,20-24,31H,2-3,5,8-19H2,1,4H3/t20?,21-,22+,23+,24?,28?/m1/s1. The van der Waals surface area contributed by atoms with E-state index in [0.717, 1.165) is 44.9 Å². The lowest BCUT2D eigenvalue weighted by Gasteiger charge is -2.40. The molecule has 3 rings (SSSR count). The number of unbranched alkanes of at least 4 members (excludes halogenated alkanes) is 4. The summed E-state index contributed by atoms with van der Waals surface area (Å²) in [7, 11) is 0. The molecule has 0 radical (unpaired) electrons. The van der Waals surface area contributed by atoms with Crippen LogP contribution < -0.4 is 0 Å². The van der Waals surface area contributed by atoms with E-state index >= 15 is 0 Å². The van der Waals surface area contributed by atoms with Crippen molar-refractivity contribution in [3.8, 4) is 0 Å². The molecule has 2 bridgehead atoms. The van der Waals surface area contributed by atoms with Crippen molar-refractivity contribution in [2.75, 3.05) is 32.8 Å². The molecule has 8 heteroatoms.